The zero-order valence-electron chi connectivity index (χ0n) is 10.5. The molecule has 0 spiro atoms. The van der Waals surface area contributed by atoms with E-state index < -0.39 is 20.8 Å². The molecule has 3 N–H and O–H groups in total. The highest BCUT2D eigenvalue weighted by Crippen LogP contribution is 2.25. The van der Waals surface area contributed by atoms with Gasteiger partial charge in [-0.15, -0.1) is 0 Å². The van der Waals surface area contributed by atoms with Gasteiger partial charge in [-0.2, -0.15) is 0 Å². The number of benzene rings is 2. The van der Waals surface area contributed by atoms with E-state index >= 15 is 0 Å². The molecule has 0 atom stereocenters. The second-order valence-corrected chi connectivity index (χ2v) is 5.75. The maximum Gasteiger partial charge on any atom is 0.271 e. The summed E-state index contributed by atoms with van der Waals surface area (Å²) in [7, 11) is -4.07. The van der Waals surface area contributed by atoms with Gasteiger partial charge in [-0.1, -0.05) is 6.07 Å². The molecular weight excluding hydrogens is 301 g/mol. The van der Waals surface area contributed by atoms with Gasteiger partial charge in [0.25, 0.3) is 15.7 Å². The molecule has 21 heavy (non-hydrogen) atoms. The maximum atomic E-state index is 13.0. The fourth-order valence-corrected chi connectivity index (χ4v) is 2.82. The monoisotopic (exact) mass is 311 g/mol. The van der Waals surface area contributed by atoms with Crippen molar-refractivity contribution < 1.29 is 17.7 Å². The number of non-ortho nitro benzene ring substituents is 1. The van der Waals surface area contributed by atoms with Crippen LogP contribution in [-0.4, -0.2) is 13.3 Å². The summed E-state index contributed by atoms with van der Waals surface area (Å²) in [5.74, 6) is -0.605. The molecule has 0 unspecified atom stereocenters. The molecule has 110 valence electrons. The third-order valence-corrected chi connectivity index (χ3v) is 4.03. The summed E-state index contributed by atoms with van der Waals surface area (Å²) < 4.78 is 39.4. The SMILES string of the molecule is Nc1cc([N+](=O)[O-])ccc1S(=O)(=O)Nc1cccc(F)c1. The van der Waals surface area contributed by atoms with Crippen molar-refractivity contribution in [2.45, 2.75) is 4.90 Å². The second kappa shape index (κ2) is 5.37. The summed E-state index contributed by atoms with van der Waals surface area (Å²) in [5.41, 5.74) is 4.96. The molecule has 2 rings (SSSR count). The molecule has 0 aliphatic carbocycles. The Hall–Kier alpha value is -2.68. The smallest absolute Gasteiger partial charge is 0.271 e. The number of nitro groups is 1. The summed E-state index contributed by atoms with van der Waals surface area (Å²) in [6.45, 7) is 0. The second-order valence-electron chi connectivity index (χ2n) is 4.10. The van der Waals surface area contributed by atoms with E-state index in [4.69, 9.17) is 5.73 Å². The van der Waals surface area contributed by atoms with E-state index in [0.29, 0.717) is 0 Å². The molecule has 0 bridgehead atoms. The molecule has 9 heteroatoms. The standard InChI is InChI=1S/C12H10FN3O4S/c13-8-2-1-3-9(6-8)15-21(19,20)12-5-4-10(16(17)18)7-11(12)14/h1-7,15H,14H2. The molecule has 2 aromatic carbocycles. The fraction of sp³-hybridized carbons (Fsp3) is 0. The number of sulfonamides is 1. The van der Waals surface area contributed by atoms with E-state index in [9.17, 15) is 22.9 Å². The molecule has 0 aromatic heterocycles. The normalized spacial score (nSPS) is 11.1. The van der Waals surface area contributed by atoms with Gasteiger partial charge in [0.1, 0.15) is 10.7 Å². The van der Waals surface area contributed by atoms with E-state index in [-0.39, 0.29) is 22.0 Å². The van der Waals surface area contributed by atoms with Crippen LogP contribution in [0.5, 0.6) is 0 Å². The lowest BCUT2D eigenvalue weighted by atomic mass is 10.3. The lowest BCUT2D eigenvalue weighted by Crippen LogP contribution is -2.15. The highest BCUT2D eigenvalue weighted by molar-refractivity contribution is 7.92. The Balaban J connectivity index is 2.38. The van der Waals surface area contributed by atoms with Crippen molar-refractivity contribution in [2.24, 2.45) is 0 Å². The molecule has 0 aliphatic rings. The van der Waals surface area contributed by atoms with Gasteiger partial charge >= 0.3 is 0 Å². The molecule has 0 fully saturated rings. The molecule has 0 amide bonds. The number of anilines is 2. The van der Waals surface area contributed by atoms with Crippen LogP contribution >= 0.6 is 0 Å². The van der Waals surface area contributed by atoms with Gasteiger partial charge in [0.2, 0.25) is 0 Å². The Kier molecular flexibility index (Phi) is 3.76. The first-order chi connectivity index (χ1) is 9.79. The van der Waals surface area contributed by atoms with Crippen LogP contribution in [0.4, 0.5) is 21.5 Å². The van der Waals surface area contributed by atoms with E-state index in [0.717, 1.165) is 30.3 Å². The number of hydrogen-bond donors (Lipinski definition) is 2. The minimum Gasteiger partial charge on any atom is -0.397 e. The third kappa shape index (κ3) is 3.26. The summed E-state index contributed by atoms with van der Waals surface area (Å²) in [4.78, 5) is 9.58. The number of rotatable bonds is 4. The molecule has 0 aliphatic heterocycles. The number of hydrogen-bond acceptors (Lipinski definition) is 5. The minimum atomic E-state index is -4.07. The Morgan fingerprint density at radius 3 is 2.48 bits per heavy atom. The van der Waals surface area contributed by atoms with Crippen LogP contribution in [-0.2, 0) is 10.0 Å². The lowest BCUT2D eigenvalue weighted by Gasteiger charge is -2.10. The van der Waals surface area contributed by atoms with Crippen LogP contribution in [0.3, 0.4) is 0 Å². The number of nitrogens with one attached hydrogen (secondary N) is 1. The zero-order chi connectivity index (χ0) is 15.6. The third-order valence-electron chi connectivity index (χ3n) is 2.57. The largest absolute Gasteiger partial charge is 0.397 e. The van der Waals surface area contributed by atoms with Gasteiger partial charge in [0.05, 0.1) is 16.3 Å². The summed E-state index contributed by atoms with van der Waals surface area (Å²) >= 11 is 0. The summed E-state index contributed by atoms with van der Waals surface area (Å²) in [6.07, 6.45) is 0. The predicted molar refractivity (Wildman–Crippen MR) is 74.7 cm³/mol. The Morgan fingerprint density at radius 2 is 1.90 bits per heavy atom. The van der Waals surface area contributed by atoms with E-state index in [1.807, 2.05) is 0 Å². The first-order valence-electron chi connectivity index (χ1n) is 5.62. The summed E-state index contributed by atoms with van der Waals surface area (Å²) in [6, 6.07) is 7.86. The zero-order valence-corrected chi connectivity index (χ0v) is 11.3. The van der Waals surface area contributed by atoms with Crippen LogP contribution in [0.15, 0.2) is 47.4 Å². The van der Waals surface area contributed by atoms with Crippen molar-refractivity contribution in [1.29, 1.82) is 0 Å². The maximum absolute atomic E-state index is 13.0. The van der Waals surface area contributed by atoms with Crippen molar-refractivity contribution in [3.05, 3.63) is 58.4 Å². The number of nitrogens with two attached hydrogens (primary N) is 1. The average Bonchev–Trinajstić information content (AvgIpc) is 2.37. The number of nitro benzene ring substituents is 1. The quantitative estimate of drug-likeness (QED) is 0.510. The van der Waals surface area contributed by atoms with Crippen molar-refractivity contribution in [3.8, 4) is 0 Å². The van der Waals surface area contributed by atoms with Crippen LogP contribution in [0.1, 0.15) is 0 Å². The predicted octanol–water partition coefficient (Wildman–Crippen LogP) is 2.12. The number of nitrogens with zero attached hydrogens (tertiary/aromatic N) is 1. The van der Waals surface area contributed by atoms with Gasteiger partial charge in [-0.3, -0.25) is 14.8 Å². The molecule has 0 saturated heterocycles. The van der Waals surface area contributed by atoms with Crippen LogP contribution in [0.2, 0.25) is 0 Å². The fourth-order valence-electron chi connectivity index (χ4n) is 1.66. The topological polar surface area (TPSA) is 115 Å². The van der Waals surface area contributed by atoms with E-state index in [1.54, 1.807) is 0 Å². The Labute approximate surface area is 119 Å². The lowest BCUT2D eigenvalue weighted by molar-refractivity contribution is -0.384. The van der Waals surface area contributed by atoms with Crippen LogP contribution < -0.4 is 10.5 Å². The van der Waals surface area contributed by atoms with Crippen molar-refractivity contribution >= 4 is 27.1 Å². The van der Waals surface area contributed by atoms with Crippen molar-refractivity contribution in [1.82, 2.24) is 0 Å². The van der Waals surface area contributed by atoms with Crippen LogP contribution in [0.25, 0.3) is 0 Å². The summed E-state index contributed by atoms with van der Waals surface area (Å²) in [5, 5.41) is 10.6. The molecule has 2 aromatic rings. The number of nitrogen functional groups attached to an aromatic ring is 1. The molecule has 0 saturated carbocycles. The van der Waals surface area contributed by atoms with Crippen LogP contribution in [0, 0.1) is 15.9 Å². The highest BCUT2D eigenvalue weighted by atomic mass is 32.2. The van der Waals surface area contributed by atoms with Gasteiger partial charge < -0.3 is 5.73 Å². The Bertz CT molecular complexity index is 808. The number of halogens is 1. The van der Waals surface area contributed by atoms with Gasteiger partial charge in [0, 0.05) is 12.1 Å². The van der Waals surface area contributed by atoms with Gasteiger partial charge in [-0.25, -0.2) is 12.8 Å². The molecular formula is C12H10FN3O4S. The highest BCUT2D eigenvalue weighted by Gasteiger charge is 2.20. The van der Waals surface area contributed by atoms with Gasteiger partial charge in [-0.05, 0) is 24.3 Å². The first kappa shape index (κ1) is 14.7. The van der Waals surface area contributed by atoms with E-state index in [2.05, 4.69) is 4.72 Å². The molecule has 0 heterocycles. The minimum absolute atomic E-state index is 0.0211. The molecule has 7 nitrogen and oxygen atoms in total. The first-order valence-corrected chi connectivity index (χ1v) is 7.10. The molecule has 0 radical (unpaired) electrons. The van der Waals surface area contributed by atoms with Crippen molar-refractivity contribution in [3.63, 3.8) is 0 Å². The van der Waals surface area contributed by atoms with Crippen molar-refractivity contribution in [2.75, 3.05) is 10.5 Å². The Morgan fingerprint density at radius 1 is 1.19 bits per heavy atom. The average molecular weight is 311 g/mol. The van der Waals surface area contributed by atoms with E-state index in [1.165, 1.54) is 12.1 Å². The van der Waals surface area contributed by atoms with Gasteiger partial charge in [0.15, 0.2) is 0 Å².